The van der Waals surface area contributed by atoms with Crippen LogP contribution < -0.4 is 5.73 Å². The van der Waals surface area contributed by atoms with E-state index >= 15 is 0 Å². The van der Waals surface area contributed by atoms with E-state index in [1.54, 1.807) is 24.1 Å². The van der Waals surface area contributed by atoms with E-state index in [2.05, 4.69) is 5.10 Å². The van der Waals surface area contributed by atoms with Crippen LogP contribution in [-0.4, -0.2) is 45.8 Å². The number of nitrogens with zero attached hydrogens (tertiary/aromatic N) is 3. The molecule has 2 rings (SSSR count). The fourth-order valence-corrected chi connectivity index (χ4v) is 2.08. The van der Waals surface area contributed by atoms with E-state index in [4.69, 9.17) is 10.5 Å². The Morgan fingerprint density at radius 3 is 2.74 bits per heavy atom. The summed E-state index contributed by atoms with van der Waals surface area (Å²) in [5, 5.41) is 3.88. The van der Waals surface area contributed by atoms with Gasteiger partial charge in [-0.2, -0.15) is 5.10 Å². The highest BCUT2D eigenvalue weighted by atomic mass is 16.5. The van der Waals surface area contributed by atoms with Crippen LogP contribution in [-0.2, 0) is 20.9 Å². The molecule has 2 N–H and O–H groups in total. The van der Waals surface area contributed by atoms with Crippen molar-refractivity contribution >= 4 is 17.7 Å². The molecular weight excluding hydrogens is 248 g/mol. The van der Waals surface area contributed by atoms with Gasteiger partial charge in [-0.1, -0.05) is 0 Å². The molecule has 1 aromatic heterocycles. The summed E-state index contributed by atoms with van der Waals surface area (Å²) in [5.41, 5.74) is 5.44. The minimum absolute atomic E-state index is 0.0468. The lowest BCUT2D eigenvalue weighted by molar-refractivity contribution is -0.159. The third-order valence-corrected chi connectivity index (χ3v) is 3.03. The molecule has 0 aliphatic carbocycles. The Bertz CT molecular complexity index is 465. The molecule has 1 aliphatic heterocycles. The van der Waals surface area contributed by atoms with Crippen LogP contribution in [0.25, 0.3) is 0 Å². The van der Waals surface area contributed by atoms with Gasteiger partial charge in [-0.05, 0) is 25.8 Å². The van der Waals surface area contributed by atoms with Crippen molar-refractivity contribution in [2.45, 2.75) is 32.4 Å². The monoisotopic (exact) mass is 266 g/mol. The predicted molar refractivity (Wildman–Crippen MR) is 68.0 cm³/mol. The Morgan fingerprint density at radius 2 is 2.16 bits per heavy atom. The summed E-state index contributed by atoms with van der Waals surface area (Å²) < 4.78 is 6.49. The highest BCUT2D eigenvalue weighted by molar-refractivity contribution is 5.83. The zero-order valence-electron chi connectivity index (χ0n) is 10.9. The van der Waals surface area contributed by atoms with Crippen LogP contribution >= 0.6 is 0 Å². The number of hydrogen-bond donors (Lipinski definition) is 1. The summed E-state index contributed by atoms with van der Waals surface area (Å²) in [7, 11) is 0. The molecule has 0 bridgehead atoms. The molecule has 104 valence electrons. The highest BCUT2D eigenvalue weighted by Gasteiger charge is 2.25. The van der Waals surface area contributed by atoms with Gasteiger partial charge in [0.15, 0.2) is 6.10 Å². The number of esters is 1. The first kappa shape index (κ1) is 13.4. The third kappa shape index (κ3) is 3.46. The Labute approximate surface area is 111 Å². The number of nitrogen functional groups attached to an aromatic ring is 1. The molecule has 1 atom stereocenters. The van der Waals surface area contributed by atoms with Crippen molar-refractivity contribution in [1.29, 1.82) is 0 Å². The summed E-state index contributed by atoms with van der Waals surface area (Å²) in [5.74, 6) is -0.289. The fraction of sp³-hybridized carbons (Fsp3) is 0.583. The van der Waals surface area contributed by atoms with E-state index in [-0.39, 0.29) is 12.5 Å². The molecule has 0 radical (unpaired) electrons. The molecule has 1 unspecified atom stereocenters. The van der Waals surface area contributed by atoms with Gasteiger partial charge in [-0.3, -0.25) is 14.3 Å². The van der Waals surface area contributed by atoms with Crippen molar-refractivity contribution in [3.63, 3.8) is 0 Å². The van der Waals surface area contributed by atoms with Gasteiger partial charge in [0.2, 0.25) is 0 Å². The van der Waals surface area contributed by atoms with Crippen LogP contribution in [0.3, 0.4) is 0 Å². The second-order valence-corrected chi connectivity index (χ2v) is 4.60. The van der Waals surface area contributed by atoms with Gasteiger partial charge < -0.3 is 15.4 Å². The standard InChI is InChI=1S/C12H18N4O3/c1-9(12(18)15-5-2-3-6-15)19-11(17)8-16-7-4-10(13)14-16/h4,7,9H,2-3,5-6,8H2,1H3,(H2,13,14). The second-order valence-electron chi connectivity index (χ2n) is 4.60. The number of nitrogens with two attached hydrogens (primary N) is 1. The summed E-state index contributed by atoms with van der Waals surface area (Å²) >= 11 is 0. The number of carbonyl (C=O) groups is 2. The fourth-order valence-electron chi connectivity index (χ4n) is 2.08. The predicted octanol–water partition coefficient (Wildman–Crippen LogP) is 0.0194. The molecule has 2 heterocycles. The molecule has 0 spiro atoms. The normalized spacial score (nSPS) is 16.4. The second kappa shape index (κ2) is 5.73. The Hall–Kier alpha value is -2.05. The van der Waals surface area contributed by atoms with Gasteiger partial charge in [-0.25, -0.2) is 0 Å². The average molecular weight is 266 g/mol. The van der Waals surface area contributed by atoms with Crippen molar-refractivity contribution in [2.75, 3.05) is 18.8 Å². The molecular formula is C12H18N4O3. The molecule has 1 aromatic rings. The first-order valence-corrected chi connectivity index (χ1v) is 6.33. The smallest absolute Gasteiger partial charge is 0.328 e. The Balaban J connectivity index is 1.82. The molecule has 19 heavy (non-hydrogen) atoms. The third-order valence-electron chi connectivity index (χ3n) is 3.03. The number of likely N-dealkylation sites (tertiary alicyclic amines) is 1. The largest absolute Gasteiger partial charge is 0.451 e. The number of carbonyl (C=O) groups excluding carboxylic acids is 2. The van der Waals surface area contributed by atoms with Crippen LogP contribution in [0.15, 0.2) is 12.3 Å². The molecule has 7 nitrogen and oxygen atoms in total. The van der Waals surface area contributed by atoms with Crippen LogP contribution in [0.5, 0.6) is 0 Å². The van der Waals surface area contributed by atoms with E-state index in [0.717, 1.165) is 25.9 Å². The van der Waals surface area contributed by atoms with Gasteiger partial charge in [-0.15, -0.1) is 0 Å². The maximum atomic E-state index is 11.9. The van der Waals surface area contributed by atoms with E-state index in [1.165, 1.54) is 4.68 Å². The topological polar surface area (TPSA) is 90.5 Å². The lowest BCUT2D eigenvalue weighted by Gasteiger charge is -2.20. The van der Waals surface area contributed by atoms with E-state index in [9.17, 15) is 9.59 Å². The van der Waals surface area contributed by atoms with Crippen molar-refractivity contribution in [3.8, 4) is 0 Å². The minimum Gasteiger partial charge on any atom is -0.451 e. The van der Waals surface area contributed by atoms with Crippen molar-refractivity contribution in [1.82, 2.24) is 14.7 Å². The number of ether oxygens (including phenoxy) is 1. The highest BCUT2D eigenvalue weighted by Crippen LogP contribution is 2.10. The number of amides is 1. The van der Waals surface area contributed by atoms with Crippen molar-refractivity contribution in [2.24, 2.45) is 0 Å². The van der Waals surface area contributed by atoms with Gasteiger partial charge in [0, 0.05) is 19.3 Å². The van der Waals surface area contributed by atoms with Crippen LogP contribution in [0.2, 0.25) is 0 Å². The maximum Gasteiger partial charge on any atom is 0.328 e. The zero-order chi connectivity index (χ0) is 13.8. The quantitative estimate of drug-likeness (QED) is 0.776. The van der Waals surface area contributed by atoms with E-state index < -0.39 is 12.1 Å². The minimum atomic E-state index is -0.751. The summed E-state index contributed by atoms with van der Waals surface area (Å²) in [6.07, 6.45) is 2.86. The number of rotatable bonds is 4. The van der Waals surface area contributed by atoms with E-state index in [0.29, 0.717) is 5.82 Å². The average Bonchev–Trinajstić information content (AvgIpc) is 2.99. The molecule has 1 aliphatic rings. The molecule has 1 saturated heterocycles. The van der Waals surface area contributed by atoms with Crippen LogP contribution in [0.4, 0.5) is 5.82 Å². The number of aromatic nitrogens is 2. The van der Waals surface area contributed by atoms with Gasteiger partial charge in [0.1, 0.15) is 12.4 Å². The van der Waals surface area contributed by atoms with Gasteiger partial charge >= 0.3 is 5.97 Å². The maximum absolute atomic E-state index is 11.9. The lowest BCUT2D eigenvalue weighted by atomic mass is 10.3. The first-order chi connectivity index (χ1) is 9.06. The number of anilines is 1. The summed E-state index contributed by atoms with van der Waals surface area (Å²) in [6.45, 7) is 3.04. The molecule has 1 fully saturated rings. The van der Waals surface area contributed by atoms with Crippen molar-refractivity contribution in [3.05, 3.63) is 12.3 Å². The van der Waals surface area contributed by atoms with Gasteiger partial charge in [0.05, 0.1) is 0 Å². The molecule has 0 aromatic carbocycles. The molecule has 1 amide bonds. The first-order valence-electron chi connectivity index (χ1n) is 6.33. The zero-order valence-corrected chi connectivity index (χ0v) is 10.9. The SMILES string of the molecule is CC(OC(=O)Cn1ccc(N)n1)C(=O)N1CCCC1. The summed E-state index contributed by atoms with van der Waals surface area (Å²) in [4.78, 5) is 25.3. The van der Waals surface area contributed by atoms with Gasteiger partial charge in [0.25, 0.3) is 5.91 Å². The summed E-state index contributed by atoms with van der Waals surface area (Å²) in [6, 6.07) is 1.59. The van der Waals surface area contributed by atoms with Crippen LogP contribution in [0.1, 0.15) is 19.8 Å². The van der Waals surface area contributed by atoms with Crippen molar-refractivity contribution < 1.29 is 14.3 Å². The Morgan fingerprint density at radius 1 is 1.47 bits per heavy atom. The molecule has 0 saturated carbocycles. The number of hydrogen-bond acceptors (Lipinski definition) is 5. The Kier molecular flexibility index (Phi) is 4.03. The van der Waals surface area contributed by atoms with E-state index in [1.807, 2.05) is 0 Å². The van der Waals surface area contributed by atoms with Crippen LogP contribution in [0, 0.1) is 0 Å². The lowest BCUT2D eigenvalue weighted by Crippen LogP contribution is -2.38. The molecule has 7 heteroatoms.